The molecule has 0 aliphatic carbocycles. The van der Waals surface area contributed by atoms with Crippen LogP contribution in [-0.2, 0) is 11.3 Å². The SMILES string of the molecule is N#Cc1ccc(CNC(=O)c2ccc(N3CCCCC3=O)cc2)cc1. The van der Waals surface area contributed by atoms with Gasteiger partial charge < -0.3 is 10.2 Å². The second-order valence-corrected chi connectivity index (χ2v) is 6.04. The van der Waals surface area contributed by atoms with Crippen molar-refractivity contribution < 1.29 is 9.59 Å². The maximum Gasteiger partial charge on any atom is 0.251 e. The Hall–Kier alpha value is -3.13. The van der Waals surface area contributed by atoms with E-state index >= 15 is 0 Å². The molecule has 0 spiro atoms. The van der Waals surface area contributed by atoms with Gasteiger partial charge in [0.05, 0.1) is 11.6 Å². The lowest BCUT2D eigenvalue weighted by molar-refractivity contribution is -0.119. The first-order chi connectivity index (χ1) is 12.2. The smallest absolute Gasteiger partial charge is 0.251 e. The van der Waals surface area contributed by atoms with Crippen molar-refractivity contribution in [3.63, 3.8) is 0 Å². The fraction of sp³-hybridized carbons (Fsp3) is 0.250. The van der Waals surface area contributed by atoms with Crippen molar-refractivity contribution in [2.24, 2.45) is 0 Å². The number of carbonyl (C=O) groups excluding carboxylic acids is 2. The van der Waals surface area contributed by atoms with E-state index in [4.69, 9.17) is 5.26 Å². The molecule has 25 heavy (non-hydrogen) atoms. The summed E-state index contributed by atoms with van der Waals surface area (Å²) in [4.78, 5) is 26.0. The van der Waals surface area contributed by atoms with Crippen molar-refractivity contribution in [3.8, 4) is 6.07 Å². The second kappa shape index (κ2) is 7.63. The van der Waals surface area contributed by atoms with Crippen LogP contribution in [0, 0.1) is 11.3 Å². The number of benzene rings is 2. The lowest BCUT2D eigenvalue weighted by Gasteiger charge is -2.26. The van der Waals surface area contributed by atoms with Crippen LogP contribution in [0.2, 0.25) is 0 Å². The average molecular weight is 333 g/mol. The zero-order valence-corrected chi connectivity index (χ0v) is 13.9. The summed E-state index contributed by atoms with van der Waals surface area (Å²) >= 11 is 0. The van der Waals surface area contributed by atoms with E-state index in [1.165, 1.54) is 0 Å². The first kappa shape index (κ1) is 16.7. The van der Waals surface area contributed by atoms with Crippen molar-refractivity contribution >= 4 is 17.5 Å². The number of carbonyl (C=O) groups is 2. The molecule has 0 aromatic heterocycles. The normalized spacial score (nSPS) is 14.0. The highest BCUT2D eigenvalue weighted by atomic mass is 16.2. The molecule has 1 fully saturated rings. The van der Waals surface area contributed by atoms with Gasteiger partial charge in [0.2, 0.25) is 5.91 Å². The standard InChI is InChI=1S/C20H19N3O2/c21-13-15-4-6-16(7-5-15)14-22-20(25)17-8-10-18(11-9-17)23-12-2-1-3-19(23)24/h4-11H,1-3,12,14H2,(H,22,25). The summed E-state index contributed by atoms with van der Waals surface area (Å²) < 4.78 is 0. The van der Waals surface area contributed by atoms with Gasteiger partial charge in [0.15, 0.2) is 0 Å². The Labute approximate surface area is 146 Å². The molecule has 1 aliphatic rings. The molecule has 3 rings (SSSR count). The number of amides is 2. The fourth-order valence-electron chi connectivity index (χ4n) is 2.85. The third kappa shape index (κ3) is 4.04. The Bertz CT molecular complexity index is 804. The Morgan fingerprint density at radius 3 is 2.44 bits per heavy atom. The highest BCUT2D eigenvalue weighted by molar-refractivity contribution is 5.96. The predicted molar refractivity (Wildman–Crippen MR) is 95.0 cm³/mol. The van der Waals surface area contributed by atoms with Crippen LogP contribution in [0.15, 0.2) is 48.5 Å². The number of anilines is 1. The molecule has 0 saturated carbocycles. The molecule has 0 atom stereocenters. The van der Waals surface area contributed by atoms with Crippen molar-refractivity contribution in [1.29, 1.82) is 5.26 Å². The van der Waals surface area contributed by atoms with Gasteiger partial charge in [-0.25, -0.2) is 0 Å². The van der Waals surface area contributed by atoms with E-state index in [1.807, 2.05) is 24.3 Å². The highest BCUT2D eigenvalue weighted by Gasteiger charge is 2.19. The number of rotatable bonds is 4. The van der Waals surface area contributed by atoms with Gasteiger partial charge in [-0.3, -0.25) is 9.59 Å². The third-order valence-electron chi connectivity index (χ3n) is 4.30. The summed E-state index contributed by atoms with van der Waals surface area (Å²) in [5.41, 5.74) is 2.93. The quantitative estimate of drug-likeness (QED) is 0.935. The van der Waals surface area contributed by atoms with Gasteiger partial charge in [0.25, 0.3) is 5.91 Å². The highest BCUT2D eigenvalue weighted by Crippen LogP contribution is 2.21. The minimum absolute atomic E-state index is 0.143. The maximum absolute atomic E-state index is 12.2. The minimum Gasteiger partial charge on any atom is -0.348 e. The predicted octanol–water partition coefficient (Wildman–Crippen LogP) is 3.01. The van der Waals surface area contributed by atoms with E-state index < -0.39 is 0 Å². The van der Waals surface area contributed by atoms with Crippen LogP contribution >= 0.6 is 0 Å². The lowest BCUT2D eigenvalue weighted by atomic mass is 10.1. The molecule has 0 unspecified atom stereocenters. The van der Waals surface area contributed by atoms with Gasteiger partial charge in [-0.2, -0.15) is 5.26 Å². The van der Waals surface area contributed by atoms with Gasteiger partial charge >= 0.3 is 0 Å². The Kier molecular flexibility index (Phi) is 5.10. The summed E-state index contributed by atoms with van der Waals surface area (Å²) in [5.74, 6) is -0.0230. The van der Waals surface area contributed by atoms with Crippen molar-refractivity contribution in [2.45, 2.75) is 25.8 Å². The molecule has 1 heterocycles. The first-order valence-electron chi connectivity index (χ1n) is 8.35. The van der Waals surface area contributed by atoms with Crippen LogP contribution in [0.3, 0.4) is 0 Å². The van der Waals surface area contributed by atoms with Crippen molar-refractivity contribution in [2.75, 3.05) is 11.4 Å². The van der Waals surface area contributed by atoms with E-state index in [0.717, 1.165) is 30.6 Å². The van der Waals surface area contributed by atoms with Crippen molar-refractivity contribution in [3.05, 3.63) is 65.2 Å². The van der Waals surface area contributed by atoms with Gasteiger partial charge in [0, 0.05) is 30.8 Å². The van der Waals surface area contributed by atoms with Gasteiger partial charge in [-0.05, 0) is 54.8 Å². The first-order valence-corrected chi connectivity index (χ1v) is 8.35. The molecule has 0 radical (unpaired) electrons. The summed E-state index contributed by atoms with van der Waals surface area (Å²) in [6, 6.07) is 16.3. The number of nitrogens with one attached hydrogen (secondary N) is 1. The molecule has 5 heteroatoms. The Morgan fingerprint density at radius 1 is 1.08 bits per heavy atom. The van der Waals surface area contributed by atoms with Gasteiger partial charge in [0.1, 0.15) is 0 Å². The molecule has 126 valence electrons. The number of nitrogens with zero attached hydrogens (tertiary/aromatic N) is 2. The molecular formula is C20H19N3O2. The monoisotopic (exact) mass is 333 g/mol. The third-order valence-corrected chi connectivity index (χ3v) is 4.30. The molecule has 0 bridgehead atoms. The summed E-state index contributed by atoms with van der Waals surface area (Å²) in [6.07, 6.45) is 2.55. The topological polar surface area (TPSA) is 73.2 Å². The van der Waals surface area contributed by atoms with E-state index in [-0.39, 0.29) is 11.8 Å². The van der Waals surface area contributed by atoms with E-state index in [9.17, 15) is 9.59 Å². The number of hydrogen-bond acceptors (Lipinski definition) is 3. The van der Waals surface area contributed by atoms with Crippen LogP contribution < -0.4 is 10.2 Å². The van der Waals surface area contributed by atoms with Crippen LogP contribution in [0.5, 0.6) is 0 Å². The van der Waals surface area contributed by atoms with E-state index in [1.54, 1.807) is 29.2 Å². The van der Waals surface area contributed by atoms with Crippen LogP contribution in [-0.4, -0.2) is 18.4 Å². The zero-order chi connectivity index (χ0) is 17.6. The molecule has 2 amide bonds. The summed E-state index contributed by atoms with van der Waals surface area (Å²) in [7, 11) is 0. The average Bonchev–Trinajstić information content (AvgIpc) is 2.67. The number of piperidine rings is 1. The maximum atomic E-state index is 12.2. The van der Waals surface area contributed by atoms with Crippen LogP contribution in [0.25, 0.3) is 0 Å². The van der Waals surface area contributed by atoms with Gasteiger partial charge in [-0.15, -0.1) is 0 Å². The lowest BCUT2D eigenvalue weighted by Crippen LogP contribution is -2.35. The molecule has 2 aromatic carbocycles. The van der Waals surface area contributed by atoms with Crippen LogP contribution in [0.4, 0.5) is 5.69 Å². The molecule has 5 nitrogen and oxygen atoms in total. The van der Waals surface area contributed by atoms with Gasteiger partial charge in [-0.1, -0.05) is 12.1 Å². The van der Waals surface area contributed by atoms with Crippen molar-refractivity contribution in [1.82, 2.24) is 5.32 Å². The van der Waals surface area contributed by atoms with E-state index in [2.05, 4.69) is 11.4 Å². The fourth-order valence-corrected chi connectivity index (χ4v) is 2.85. The largest absolute Gasteiger partial charge is 0.348 e. The minimum atomic E-state index is -0.166. The zero-order valence-electron chi connectivity index (χ0n) is 13.9. The number of nitriles is 1. The Morgan fingerprint density at radius 2 is 1.80 bits per heavy atom. The molecule has 1 N–H and O–H groups in total. The second-order valence-electron chi connectivity index (χ2n) is 6.04. The summed E-state index contributed by atoms with van der Waals surface area (Å²) in [6.45, 7) is 1.14. The van der Waals surface area contributed by atoms with Crippen LogP contribution in [0.1, 0.15) is 40.7 Å². The Balaban J connectivity index is 1.60. The molecule has 1 aliphatic heterocycles. The molecular weight excluding hydrogens is 314 g/mol. The molecule has 2 aromatic rings. The number of hydrogen-bond donors (Lipinski definition) is 1. The van der Waals surface area contributed by atoms with E-state index in [0.29, 0.717) is 24.1 Å². The molecule has 1 saturated heterocycles. The summed E-state index contributed by atoms with van der Waals surface area (Å²) in [5, 5.41) is 11.6.